The number of nitrogens with one attached hydrogen (secondary N) is 2. The third kappa shape index (κ3) is 2.50. The van der Waals surface area contributed by atoms with Crippen molar-refractivity contribution >= 4 is 22.4 Å². The van der Waals surface area contributed by atoms with Crippen LogP contribution in [-0.2, 0) is 0 Å². The number of aromatic nitrogens is 3. The van der Waals surface area contributed by atoms with Crippen LogP contribution < -0.4 is 15.8 Å². The molecule has 2 heterocycles. The lowest BCUT2D eigenvalue weighted by Crippen LogP contribution is -2.06. The molecule has 0 aliphatic heterocycles. The summed E-state index contributed by atoms with van der Waals surface area (Å²) in [6.45, 7) is 4.52. The summed E-state index contributed by atoms with van der Waals surface area (Å²) in [5, 5.41) is 10.9. The summed E-state index contributed by atoms with van der Waals surface area (Å²) in [7, 11) is 0. The maximum absolute atomic E-state index is 5.74. The lowest BCUT2D eigenvalue weighted by atomic mass is 10.2. The van der Waals surface area contributed by atoms with Crippen molar-refractivity contribution in [3.8, 4) is 5.75 Å². The lowest BCUT2D eigenvalue weighted by molar-refractivity contribution is 0.344. The molecule has 0 saturated heterocycles. The zero-order valence-corrected chi connectivity index (χ0v) is 10.5. The van der Waals surface area contributed by atoms with Gasteiger partial charge in [0.15, 0.2) is 16.6 Å². The van der Waals surface area contributed by atoms with Gasteiger partial charge in [-0.3, -0.25) is 5.10 Å². The molecule has 2 aromatic heterocycles. The first-order valence-electron chi connectivity index (χ1n) is 5.35. The summed E-state index contributed by atoms with van der Waals surface area (Å²) in [4.78, 5) is 0. The summed E-state index contributed by atoms with van der Waals surface area (Å²) in [5.74, 6) is 1.06. The standard InChI is InChI=1S/C10H15N5OS/c1-3-16-8-9(11)15-17-10(8)14-6(2)7-4-12-13-5-7/h4-6,14H,3H2,1-2H3,(H2,11,15)(H,12,13). The smallest absolute Gasteiger partial charge is 0.197 e. The third-order valence-corrected chi connectivity index (χ3v) is 3.10. The molecule has 92 valence electrons. The minimum Gasteiger partial charge on any atom is -0.487 e. The van der Waals surface area contributed by atoms with Gasteiger partial charge < -0.3 is 15.8 Å². The van der Waals surface area contributed by atoms with Crippen LogP contribution >= 0.6 is 11.5 Å². The Bertz CT molecular complexity index is 467. The fourth-order valence-electron chi connectivity index (χ4n) is 1.45. The maximum Gasteiger partial charge on any atom is 0.197 e. The van der Waals surface area contributed by atoms with Crippen molar-refractivity contribution in [3.63, 3.8) is 0 Å². The number of H-pyrrole nitrogens is 1. The first-order chi connectivity index (χ1) is 8.22. The topological polar surface area (TPSA) is 88.8 Å². The SMILES string of the molecule is CCOc1c(N)nsc1NC(C)c1cn[nH]c1. The molecule has 1 unspecified atom stereocenters. The first-order valence-corrected chi connectivity index (χ1v) is 6.12. The van der Waals surface area contributed by atoms with Gasteiger partial charge in [-0.15, -0.1) is 0 Å². The molecule has 4 N–H and O–H groups in total. The number of hydrogen-bond acceptors (Lipinski definition) is 6. The van der Waals surface area contributed by atoms with Gasteiger partial charge in [0.25, 0.3) is 0 Å². The molecule has 6 nitrogen and oxygen atoms in total. The van der Waals surface area contributed by atoms with Crippen LogP contribution in [0.2, 0.25) is 0 Å². The van der Waals surface area contributed by atoms with Crippen LogP contribution in [0.5, 0.6) is 5.75 Å². The Morgan fingerprint density at radius 2 is 2.47 bits per heavy atom. The number of nitrogen functional groups attached to an aromatic ring is 1. The van der Waals surface area contributed by atoms with Crippen molar-refractivity contribution in [3.05, 3.63) is 18.0 Å². The second kappa shape index (κ2) is 5.05. The van der Waals surface area contributed by atoms with Crippen molar-refractivity contribution in [2.75, 3.05) is 17.7 Å². The zero-order chi connectivity index (χ0) is 12.3. The van der Waals surface area contributed by atoms with Crippen LogP contribution in [-0.4, -0.2) is 21.2 Å². The maximum atomic E-state index is 5.74. The molecule has 0 amide bonds. The minimum atomic E-state index is 0.118. The molecule has 0 radical (unpaired) electrons. The molecule has 2 rings (SSSR count). The Hall–Kier alpha value is -1.76. The molecule has 7 heteroatoms. The number of rotatable bonds is 5. The number of nitrogens with two attached hydrogens (primary N) is 1. The van der Waals surface area contributed by atoms with E-state index in [0.717, 1.165) is 10.6 Å². The quantitative estimate of drug-likeness (QED) is 0.758. The summed E-state index contributed by atoms with van der Waals surface area (Å²) in [5.41, 5.74) is 6.81. The van der Waals surface area contributed by atoms with E-state index in [4.69, 9.17) is 10.5 Å². The van der Waals surface area contributed by atoms with Crippen molar-refractivity contribution in [1.82, 2.24) is 14.6 Å². The molecule has 0 saturated carbocycles. The van der Waals surface area contributed by atoms with E-state index in [1.807, 2.05) is 20.0 Å². The molecule has 0 aliphatic rings. The van der Waals surface area contributed by atoms with Gasteiger partial charge in [-0.25, -0.2) is 0 Å². The van der Waals surface area contributed by atoms with E-state index in [2.05, 4.69) is 19.9 Å². The largest absolute Gasteiger partial charge is 0.487 e. The Labute approximate surface area is 103 Å². The van der Waals surface area contributed by atoms with E-state index in [-0.39, 0.29) is 6.04 Å². The third-order valence-electron chi connectivity index (χ3n) is 2.33. The van der Waals surface area contributed by atoms with Crippen LogP contribution in [0.4, 0.5) is 10.8 Å². The van der Waals surface area contributed by atoms with E-state index >= 15 is 0 Å². The van der Waals surface area contributed by atoms with E-state index < -0.39 is 0 Å². The highest BCUT2D eigenvalue weighted by Gasteiger charge is 2.15. The minimum absolute atomic E-state index is 0.118. The Morgan fingerprint density at radius 3 is 3.12 bits per heavy atom. The second-order valence-corrected chi connectivity index (χ2v) is 4.33. The van der Waals surface area contributed by atoms with E-state index in [0.29, 0.717) is 18.2 Å². The number of anilines is 2. The molecular formula is C10H15N5OS. The highest BCUT2D eigenvalue weighted by molar-refractivity contribution is 7.11. The van der Waals surface area contributed by atoms with Crippen molar-refractivity contribution in [2.45, 2.75) is 19.9 Å². The van der Waals surface area contributed by atoms with Crippen LogP contribution in [0.1, 0.15) is 25.5 Å². The number of aromatic amines is 1. The van der Waals surface area contributed by atoms with E-state index in [1.54, 1.807) is 6.20 Å². The van der Waals surface area contributed by atoms with Gasteiger partial charge in [-0.2, -0.15) is 9.47 Å². The highest BCUT2D eigenvalue weighted by atomic mass is 32.1. The number of nitrogens with zero attached hydrogens (tertiary/aromatic N) is 2. The summed E-state index contributed by atoms with van der Waals surface area (Å²) < 4.78 is 9.54. The molecule has 0 bridgehead atoms. The molecule has 17 heavy (non-hydrogen) atoms. The molecule has 1 atom stereocenters. The van der Waals surface area contributed by atoms with Crippen molar-refractivity contribution < 1.29 is 4.74 Å². The Balaban J connectivity index is 2.13. The van der Waals surface area contributed by atoms with Crippen LogP contribution in [0.15, 0.2) is 12.4 Å². The average Bonchev–Trinajstić information content (AvgIpc) is 2.93. The number of hydrogen-bond donors (Lipinski definition) is 3. The predicted molar refractivity (Wildman–Crippen MR) is 68.3 cm³/mol. The molecule has 0 aliphatic carbocycles. The van der Waals surface area contributed by atoms with E-state index in [1.165, 1.54) is 11.5 Å². The van der Waals surface area contributed by atoms with Crippen molar-refractivity contribution in [2.24, 2.45) is 0 Å². The molecular weight excluding hydrogens is 238 g/mol. The zero-order valence-electron chi connectivity index (χ0n) is 9.73. The Morgan fingerprint density at radius 1 is 1.65 bits per heavy atom. The fourth-order valence-corrected chi connectivity index (χ4v) is 2.20. The Kier molecular flexibility index (Phi) is 3.48. The number of ether oxygens (including phenoxy) is 1. The van der Waals surface area contributed by atoms with Gasteiger partial charge in [-0.1, -0.05) is 0 Å². The second-order valence-electron chi connectivity index (χ2n) is 3.56. The van der Waals surface area contributed by atoms with Crippen LogP contribution in [0.3, 0.4) is 0 Å². The van der Waals surface area contributed by atoms with Gasteiger partial charge in [0.1, 0.15) is 0 Å². The lowest BCUT2D eigenvalue weighted by Gasteiger charge is -2.13. The molecule has 0 fully saturated rings. The van der Waals surface area contributed by atoms with Gasteiger partial charge in [0.05, 0.1) is 18.8 Å². The predicted octanol–water partition coefficient (Wildman–Crippen LogP) is 2.02. The summed E-state index contributed by atoms with van der Waals surface area (Å²) in [6, 6.07) is 0.118. The first kappa shape index (κ1) is 11.7. The normalized spacial score (nSPS) is 12.4. The molecule has 0 aromatic carbocycles. The van der Waals surface area contributed by atoms with Crippen LogP contribution in [0.25, 0.3) is 0 Å². The average molecular weight is 253 g/mol. The van der Waals surface area contributed by atoms with E-state index in [9.17, 15) is 0 Å². The summed E-state index contributed by atoms with van der Waals surface area (Å²) >= 11 is 1.30. The van der Waals surface area contributed by atoms with Crippen molar-refractivity contribution in [1.29, 1.82) is 0 Å². The summed E-state index contributed by atoms with van der Waals surface area (Å²) in [6.07, 6.45) is 3.63. The van der Waals surface area contributed by atoms with Gasteiger partial charge in [0, 0.05) is 11.8 Å². The highest BCUT2D eigenvalue weighted by Crippen LogP contribution is 2.37. The molecule has 2 aromatic rings. The monoisotopic (exact) mass is 253 g/mol. The van der Waals surface area contributed by atoms with Gasteiger partial charge in [-0.05, 0) is 25.4 Å². The van der Waals surface area contributed by atoms with Crippen LogP contribution in [0, 0.1) is 0 Å². The molecule has 0 spiro atoms. The van der Waals surface area contributed by atoms with Gasteiger partial charge in [0.2, 0.25) is 0 Å². The van der Waals surface area contributed by atoms with Gasteiger partial charge >= 0.3 is 0 Å². The fraction of sp³-hybridized carbons (Fsp3) is 0.400.